The molecule has 2 aromatic rings. The van der Waals surface area contributed by atoms with Gasteiger partial charge in [0, 0.05) is 5.56 Å². The Bertz CT molecular complexity index is 626. The predicted molar refractivity (Wildman–Crippen MR) is 72.0 cm³/mol. The van der Waals surface area contributed by atoms with E-state index in [9.17, 15) is 9.18 Å². The van der Waals surface area contributed by atoms with Crippen molar-refractivity contribution in [2.45, 2.75) is 0 Å². The largest absolute Gasteiger partial charge is 0.275 e. The van der Waals surface area contributed by atoms with Crippen LogP contribution in [0.2, 0.25) is 10.0 Å². The van der Waals surface area contributed by atoms with Gasteiger partial charge in [0.25, 0.3) is 5.24 Å². The van der Waals surface area contributed by atoms with E-state index in [2.05, 4.69) is 0 Å². The predicted octanol–water partition coefficient (Wildman–Crippen LogP) is 5.18. The second-order valence-corrected chi connectivity index (χ2v) is 4.70. The van der Waals surface area contributed by atoms with Gasteiger partial charge in [0.15, 0.2) is 0 Å². The van der Waals surface area contributed by atoms with Crippen molar-refractivity contribution in [2.24, 2.45) is 0 Å². The highest BCUT2D eigenvalue weighted by Gasteiger charge is 2.13. The first-order valence-corrected chi connectivity index (χ1v) is 6.08. The minimum Gasteiger partial charge on any atom is -0.275 e. The molecule has 0 radical (unpaired) electrons. The average Bonchev–Trinajstić information content (AvgIpc) is 2.33. The Morgan fingerprint density at radius 2 is 1.83 bits per heavy atom. The van der Waals surface area contributed by atoms with E-state index in [4.69, 9.17) is 34.8 Å². The van der Waals surface area contributed by atoms with Crippen molar-refractivity contribution < 1.29 is 9.18 Å². The van der Waals surface area contributed by atoms with Crippen LogP contribution in [0.25, 0.3) is 11.1 Å². The molecular weight excluding hydrogens is 297 g/mol. The fourth-order valence-corrected chi connectivity index (χ4v) is 2.12. The molecule has 0 saturated heterocycles. The van der Waals surface area contributed by atoms with Gasteiger partial charge in [0.05, 0.1) is 15.6 Å². The fourth-order valence-electron chi connectivity index (χ4n) is 1.57. The molecule has 0 amide bonds. The van der Waals surface area contributed by atoms with Crippen LogP contribution in [0.4, 0.5) is 4.39 Å². The molecule has 0 saturated carbocycles. The molecule has 0 aromatic heterocycles. The molecule has 0 fully saturated rings. The van der Waals surface area contributed by atoms with Crippen LogP contribution in [0.5, 0.6) is 0 Å². The van der Waals surface area contributed by atoms with Gasteiger partial charge >= 0.3 is 0 Å². The minimum absolute atomic E-state index is 0.190. The van der Waals surface area contributed by atoms with Crippen LogP contribution in [-0.2, 0) is 0 Å². The van der Waals surface area contributed by atoms with E-state index >= 15 is 0 Å². The summed E-state index contributed by atoms with van der Waals surface area (Å²) >= 11 is 17.3. The van der Waals surface area contributed by atoms with Crippen molar-refractivity contribution in [1.29, 1.82) is 0 Å². The second kappa shape index (κ2) is 5.27. The summed E-state index contributed by atoms with van der Waals surface area (Å²) < 4.78 is 13.4. The lowest BCUT2D eigenvalue weighted by Gasteiger charge is -2.07. The number of rotatable bonds is 2. The highest BCUT2D eigenvalue weighted by Crippen LogP contribution is 2.34. The summed E-state index contributed by atoms with van der Waals surface area (Å²) in [6.45, 7) is 0. The third kappa shape index (κ3) is 2.51. The van der Waals surface area contributed by atoms with E-state index < -0.39 is 11.1 Å². The molecule has 0 aliphatic carbocycles. The molecule has 5 heteroatoms. The molecule has 0 heterocycles. The van der Waals surface area contributed by atoms with Gasteiger partial charge in [-0.2, -0.15) is 0 Å². The van der Waals surface area contributed by atoms with Gasteiger partial charge in [0.1, 0.15) is 5.82 Å². The van der Waals surface area contributed by atoms with Gasteiger partial charge in [-0.3, -0.25) is 4.79 Å². The summed E-state index contributed by atoms with van der Waals surface area (Å²) in [6.07, 6.45) is 0. The van der Waals surface area contributed by atoms with E-state index in [0.717, 1.165) is 0 Å². The van der Waals surface area contributed by atoms with Gasteiger partial charge in [-0.25, -0.2) is 4.39 Å². The van der Waals surface area contributed by atoms with Gasteiger partial charge in [-0.15, -0.1) is 0 Å². The zero-order chi connectivity index (χ0) is 13.3. The Labute approximate surface area is 118 Å². The van der Waals surface area contributed by atoms with Crippen LogP contribution in [-0.4, -0.2) is 5.24 Å². The first-order valence-electron chi connectivity index (χ1n) is 4.94. The van der Waals surface area contributed by atoms with Crippen molar-refractivity contribution in [2.75, 3.05) is 0 Å². The maximum atomic E-state index is 13.4. The third-order valence-electron chi connectivity index (χ3n) is 2.44. The summed E-state index contributed by atoms with van der Waals surface area (Å²) in [5, 5.41) is -0.122. The molecule has 0 atom stereocenters. The zero-order valence-corrected chi connectivity index (χ0v) is 11.2. The van der Waals surface area contributed by atoms with Crippen LogP contribution >= 0.6 is 34.8 Å². The number of hydrogen-bond acceptors (Lipinski definition) is 1. The van der Waals surface area contributed by atoms with Crippen LogP contribution < -0.4 is 0 Å². The van der Waals surface area contributed by atoms with Crippen molar-refractivity contribution >= 4 is 40.0 Å². The Morgan fingerprint density at radius 1 is 1.11 bits per heavy atom. The topological polar surface area (TPSA) is 17.1 Å². The number of carbonyl (C=O) groups is 1. The molecule has 0 N–H and O–H groups in total. The number of benzene rings is 2. The molecule has 0 aliphatic heterocycles. The average molecular weight is 304 g/mol. The SMILES string of the molecule is O=C(Cl)c1cc(-c2cccc(Cl)c2Cl)ccc1F. The highest BCUT2D eigenvalue weighted by atomic mass is 35.5. The van der Waals surface area contributed by atoms with Gasteiger partial charge in [-0.05, 0) is 35.4 Å². The summed E-state index contributed by atoms with van der Waals surface area (Å²) in [5.74, 6) is -0.670. The van der Waals surface area contributed by atoms with Crippen LogP contribution in [0.1, 0.15) is 10.4 Å². The lowest BCUT2D eigenvalue weighted by atomic mass is 10.0. The smallest absolute Gasteiger partial charge is 0.255 e. The van der Waals surface area contributed by atoms with E-state index in [1.165, 1.54) is 18.2 Å². The minimum atomic E-state index is -0.854. The Hall–Kier alpha value is -1.09. The quantitative estimate of drug-likeness (QED) is 0.699. The lowest BCUT2D eigenvalue weighted by molar-refractivity contribution is 0.107. The summed E-state index contributed by atoms with van der Waals surface area (Å²) in [7, 11) is 0. The van der Waals surface area contributed by atoms with E-state index in [1.807, 2.05) is 0 Å². The highest BCUT2D eigenvalue weighted by molar-refractivity contribution is 6.67. The van der Waals surface area contributed by atoms with Crippen LogP contribution in [0, 0.1) is 5.82 Å². The van der Waals surface area contributed by atoms with E-state index in [0.29, 0.717) is 21.2 Å². The Balaban J connectivity index is 2.62. The van der Waals surface area contributed by atoms with Crippen molar-refractivity contribution in [3.8, 4) is 11.1 Å². The first-order chi connectivity index (χ1) is 8.50. The molecule has 0 spiro atoms. The Morgan fingerprint density at radius 3 is 2.50 bits per heavy atom. The molecular formula is C13H6Cl3FO. The first kappa shape index (κ1) is 13.3. The molecule has 0 unspecified atom stereocenters. The molecule has 0 aliphatic rings. The van der Waals surface area contributed by atoms with Crippen molar-refractivity contribution in [1.82, 2.24) is 0 Å². The number of halogens is 4. The lowest BCUT2D eigenvalue weighted by Crippen LogP contribution is -1.95. The number of hydrogen-bond donors (Lipinski definition) is 0. The second-order valence-electron chi connectivity index (χ2n) is 3.57. The Kier molecular flexibility index (Phi) is 3.91. The van der Waals surface area contributed by atoms with E-state index in [1.54, 1.807) is 18.2 Å². The maximum Gasteiger partial charge on any atom is 0.255 e. The van der Waals surface area contributed by atoms with Gasteiger partial charge in [-0.1, -0.05) is 41.4 Å². The molecule has 0 bridgehead atoms. The van der Waals surface area contributed by atoms with Crippen molar-refractivity contribution in [3.05, 3.63) is 57.8 Å². The summed E-state index contributed by atoms with van der Waals surface area (Å²) in [5.41, 5.74) is 1.00. The van der Waals surface area contributed by atoms with Gasteiger partial charge < -0.3 is 0 Å². The number of carbonyl (C=O) groups excluding carboxylic acids is 1. The molecule has 18 heavy (non-hydrogen) atoms. The van der Waals surface area contributed by atoms with Gasteiger partial charge in [0.2, 0.25) is 0 Å². The molecule has 2 rings (SSSR count). The summed E-state index contributed by atoms with van der Waals surface area (Å²) in [4.78, 5) is 11.1. The maximum absolute atomic E-state index is 13.4. The monoisotopic (exact) mass is 302 g/mol. The zero-order valence-electron chi connectivity index (χ0n) is 8.88. The van der Waals surface area contributed by atoms with E-state index in [-0.39, 0.29) is 5.56 Å². The van der Waals surface area contributed by atoms with Crippen molar-refractivity contribution in [3.63, 3.8) is 0 Å². The standard InChI is InChI=1S/C13H6Cl3FO/c14-10-3-1-2-8(12(10)15)7-4-5-11(17)9(6-7)13(16)18/h1-6H. The fraction of sp³-hybridized carbons (Fsp3) is 0. The third-order valence-corrected chi connectivity index (χ3v) is 3.46. The van der Waals surface area contributed by atoms with Crippen LogP contribution in [0.3, 0.4) is 0 Å². The molecule has 1 nitrogen and oxygen atoms in total. The molecule has 92 valence electrons. The summed E-state index contributed by atoms with van der Waals surface area (Å²) in [6, 6.07) is 9.12. The van der Waals surface area contributed by atoms with Crippen LogP contribution in [0.15, 0.2) is 36.4 Å². The molecule has 2 aromatic carbocycles. The normalized spacial score (nSPS) is 10.4.